The SMILES string of the molecule is CC(C)[C@H]1C(O)C(CO)[C@@]2(C)C=C[C@H]1O2. The van der Waals surface area contributed by atoms with E-state index in [1.165, 1.54) is 0 Å². The fourth-order valence-corrected chi connectivity index (χ4v) is 2.94. The molecule has 2 aliphatic rings. The van der Waals surface area contributed by atoms with Gasteiger partial charge in [-0.2, -0.15) is 0 Å². The summed E-state index contributed by atoms with van der Waals surface area (Å²) in [5.74, 6) is 0.236. The van der Waals surface area contributed by atoms with E-state index in [1.807, 2.05) is 19.1 Å². The second-order valence-corrected chi connectivity index (χ2v) is 5.23. The van der Waals surface area contributed by atoms with Crippen LogP contribution in [0.2, 0.25) is 0 Å². The van der Waals surface area contributed by atoms with Crippen molar-refractivity contribution in [2.24, 2.45) is 17.8 Å². The van der Waals surface area contributed by atoms with Crippen LogP contribution in [0.5, 0.6) is 0 Å². The molecule has 2 rings (SSSR count). The highest BCUT2D eigenvalue weighted by molar-refractivity contribution is 5.19. The first kappa shape index (κ1) is 11.1. The first-order valence-electron chi connectivity index (χ1n) is 5.65. The van der Waals surface area contributed by atoms with E-state index in [0.29, 0.717) is 5.92 Å². The van der Waals surface area contributed by atoms with Crippen molar-refractivity contribution in [3.05, 3.63) is 12.2 Å². The summed E-state index contributed by atoms with van der Waals surface area (Å²) in [4.78, 5) is 0. The summed E-state index contributed by atoms with van der Waals surface area (Å²) < 4.78 is 5.90. The number of aliphatic hydroxyl groups excluding tert-OH is 2. The van der Waals surface area contributed by atoms with E-state index in [0.717, 1.165) is 0 Å². The highest BCUT2D eigenvalue weighted by atomic mass is 16.5. The molecule has 3 heteroatoms. The molecule has 3 nitrogen and oxygen atoms in total. The van der Waals surface area contributed by atoms with Crippen molar-refractivity contribution in [1.29, 1.82) is 0 Å². The molecule has 0 saturated carbocycles. The molecule has 0 aromatic heterocycles. The van der Waals surface area contributed by atoms with Crippen LogP contribution in [0.15, 0.2) is 12.2 Å². The molecule has 0 spiro atoms. The maximum Gasteiger partial charge on any atom is 0.0918 e. The van der Waals surface area contributed by atoms with Gasteiger partial charge in [-0.25, -0.2) is 0 Å². The quantitative estimate of drug-likeness (QED) is 0.670. The Labute approximate surface area is 90.8 Å². The number of fused-ring (bicyclic) bond motifs is 2. The van der Waals surface area contributed by atoms with E-state index in [1.54, 1.807) is 0 Å². The lowest BCUT2D eigenvalue weighted by Crippen LogP contribution is -2.55. The summed E-state index contributed by atoms with van der Waals surface area (Å²) in [7, 11) is 0. The van der Waals surface area contributed by atoms with Crippen molar-refractivity contribution in [3.63, 3.8) is 0 Å². The normalized spacial score (nSPS) is 48.9. The van der Waals surface area contributed by atoms with Gasteiger partial charge >= 0.3 is 0 Å². The van der Waals surface area contributed by atoms with E-state index < -0.39 is 11.7 Å². The molecule has 2 aliphatic heterocycles. The van der Waals surface area contributed by atoms with Crippen molar-refractivity contribution < 1.29 is 14.9 Å². The van der Waals surface area contributed by atoms with Crippen LogP contribution in [0.25, 0.3) is 0 Å². The van der Waals surface area contributed by atoms with Crippen molar-refractivity contribution in [2.75, 3.05) is 6.61 Å². The van der Waals surface area contributed by atoms with Gasteiger partial charge in [0.05, 0.1) is 24.4 Å². The molecule has 2 N–H and O–H groups in total. The molecule has 0 aromatic carbocycles. The largest absolute Gasteiger partial charge is 0.396 e. The van der Waals surface area contributed by atoms with Crippen LogP contribution in [-0.2, 0) is 4.74 Å². The zero-order valence-corrected chi connectivity index (χ0v) is 9.55. The van der Waals surface area contributed by atoms with Crippen molar-refractivity contribution in [3.8, 4) is 0 Å². The van der Waals surface area contributed by atoms with E-state index in [4.69, 9.17) is 4.74 Å². The predicted octanol–water partition coefficient (Wildman–Crippen LogP) is 0.955. The number of rotatable bonds is 2. The van der Waals surface area contributed by atoms with Crippen LogP contribution in [0.3, 0.4) is 0 Å². The maximum absolute atomic E-state index is 10.3. The molecule has 2 unspecified atom stereocenters. The summed E-state index contributed by atoms with van der Waals surface area (Å²) >= 11 is 0. The Morgan fingerprint density at radius 1 is 1.47 bits per heavy atom. The lowest BCUT2D eigenvalue weighted by molar-refractivity contribution is -0.191. The molecular weight excluding hydrogens is 192 g/mol. The van der Waals surface area contributed by atoms with Gasteiger partial charge in [-0.05, 0) is 12.8 Å². The van der Waals surface area contributed by atoms with Gasteiger partial charge in [0.1, 0.15) is 0 Å². The third-order valence-electron chi connectivity index (χ3n) is 3.90. The van der Waals surface area contributed by atoms with Gasteiger partial charge in [-0.1, -0.05) is 26.0 Å². The van der Waals surface area contributed by atoms with E-state index in [2.05, 4.69) is 13.8 Å². The minimum Gasteiger partial charge on any atom is -0.396 e. The lowest BCUT2D eigenvalue weighted by atomic mass is 9.74. The summed E-state index contributed by atoms with van der Waals surface area (Å²) in [6.07, 6.45) is 3.55. The van der Waals surface area contributed by atoms with Crippen LogP contribution < -0.4 is 0 Å². The Morgan fingerprint density at radius 3 is 2.67 bits per heavy atom. The first-order valence-corrected chi connectivity index (χ1v) is 5.65. The molecule has 1 fully saturated rings. The van der Waals surface area contributed by atoms with Gasteiger partial charge in [0.2, 0.25) is 0 Å². The smallest absolute Gasteiger partial charge is 0.0918 e. The van der Waals surface area contributed by atoms with Crippen LogP contribution >= 0.6 is 0 Å². The van der Waals surface area contributed by atoms with Gasteiger partial charge in [0.25, 0.3) is 0 Å². The molecule has 86 valence electrons. The lowest BCUT2D eigenvalue weighted by Gasteiger charge is -2.46. The summed E-state index contributed by atoms with van der Waals surface area (Å²) in [5.41, 5.74) is -0.482. The number of hydrogen-bond donors (Lipinski definition) is 2. The van der Waals surface area contributed by atoms with Crippen LogP contribution in [0.4, 0.5) is 0 Å². The molecule has 15 heavy (non-hydrogen) atoms. The maximum atomic E-state index is 10.3. The molecule has 2 heterocycles. The third kappa shape index (κ3) is 1.53. The summed E-state index contributed by atoms with van der Waals surface area (Å²) in [6, 6.07) is 0. The molecular formula is C12H20O3. The molecule has 0 amide bonds. The van der Waals surface area contributed by atoms with Gasteiger partial charge in [0.15, 0.2) is 0 Å². The molecule has 5 atom stereocenters. The van der Waals surface area contributed by atoms with Crippen molar-refractivity contribution >= 4 is 0 Å². The standard InChI is InChI=1S/C12H20O3/c1-7(2)10-9-4-5-12(3,15-9)8(6-13)11(10)14/h4-5,7-11,13-14H,6H2,1-3H3/t8?,9-,10-,11?,12-/m1/s1. The zero-order chi connectivity index (χ0) is 11.2. The molecule has 1 saturated heterocycles. The van der Waals surface area contributed by atoms with E-state index in [-0.39, 0.29) is 24.5 Å². The van der Waals surface area contributed by atoms with Crippen LogP contribution in [-0.4, -0.2) is 34.6 Å². The Kier molecular flexibility index (Phi) is 2.65. The van der Waals surface area contributed by atoms with Gasteiger partial charge in [-0.15, -0.1) is 0 Å². The average molecular weight is 212 g/mol. The Balaban J connectivity index is 2.30. The monoisotopic (exact) mass is 212 g/mol. The third-order valence-corrected chi connectivity index (χ3v) is 3.90. The topological polar surface area (TPSA) is 49.7 Å². The molecule has 0 radical (unpaired) electrons. The zero-order valence-electron chi connectivity index (χ0n) is 9.55. The van der Waals surface area contributed by atoms with Gasteiger partial charge in [-0.3, -0.25) is 0 Å². The Bertz CT molecular complexity index is 272. The highest BCUT2D eigenvalue weighted by Crippen LogP contribution is 2.45. The second kappa shape index (κ2) is 3.58. The van der Waals surface area contributed by atoms with Gasteiger partial charge < -0.3 is 14.9 Å². The highest BCUT2D eigenvalue weighted by Gasteiger charge is 2.53. The molecule has 0 aliphatic carbocycles. The van der Waals surface area contributed by atoms with Crippen molar-refractivity contribution in [2.45, 2.75) is 38.6 Å². The van der Waals surface area contributed by atoms with Crippen LogP contribution in [0, 0.1) is 17.8 Å². The summed E-state index contributed by atoms with van der Waals surface area (Å²) in [5, 5.41) is 19.6. The molecule has 2 bridgehead atoms. The number of hydrogen-bond acceptors (Lipinski definition) is 3. The van der Waals surface area contributed by atoms with Gasteiger partial charge in [0, 0.05) is 11.8 Å². The van der Waals surface area contributed by atoms with Crippen LogP contribution in [0.1, 0.15) is 20.8 Å². The fourth-order valence-electron chi connectivity index (χ4n) is 2.94. The predicted molar refractivity (Wildman–Crippen MR) is 57.3 cm³/mol. The second-order valence-electron chi connectivity index (χ2n) is 5.23. The van der Waals surface area contributed by atoms with Crippen molar-refractivity contribution in [1.82, 2.24) is 0 Å². The summed E-state index contributed by atoms with van der Waals surface area (Å²) in [6.45, 7) is 6.07. The Hall–Kier alpha value is -0.380. The molecule has 0 aromatic rings. The van der Waals surface area contributed by atoms with E-state index in [9.17, 15) is 10.2 Å². The minimum absolute atomic E-state index is 0.00722. The first-order chi connectivity index (χ1) is 6.99. The number of ether oxygens (including phenoxy) is 1. The van der Waals surface area contributed by atoms with E-state index >= 15 is 0 Å². The average Bonchev–Trinajstić information content (AvgIpc) is 2.45. The Morgan fingerprint density at radius 2 is 2.13 bits per heavy atom. The number of aliphatic hydroxyl groups is 2. The fraction of sp³-hybridized carbons (Fsp3) is 0.833. The minimum atomic E-state index is -0.482.